The van der Waals surface area contributed by atoms with E-state index in [2.05, 4.69) is 4.98 Å². The minimum Gasteiger partial charge on any atom is -0.462 e. The summed E-state index contributed by atoms with van der Waals surface area (Å²) in [6.07, 6.45) is 1.18. The van der Waals surface area contributed by atoms with Gasteiger partial charge in [0.2, 0.25) is 0 Å². The van der Waals surface area contributed by atoms with Crippen molar-refractivity contribution in [3.8, 4) is 11.1 Å². The van der Waals surface area contributed by atoms with Crippen molar-refractivity contribution in [3.05, 3.63) is 56.6 Å². The molecule has 1 heterocycles. The largest absolute Gasteiger partial charge is 0.462 e. The third-order valence-electron chi connectivity index (χ3n) is 2.59. The predicted octanol–water partition coefficient (Wildman–Crippen LogP) is 1.05. The van der Waals surface area contributed by atoms with Crippen LogP contribution in [-0.2, 0) is 4.74 Å². The number of halogens is 1. The normalized spacial score (nSPS) is 10.3. The Hall–Kier alpha value is -2.70. The van der Waals surface area contributed by atoms with Gasteiger partial charge in [-0.25, -0.2) is 14.0 Å². The zero-order chi connectivity index (χ0) is 14.7. The van der Waals surface area contributed by atoms with Crippen LogP contribution in [0.15, 0.2) is 34.0 Å². The highest BCUT2D eigenvalue weighted by molar-refractivity contribution is 5.90. The summed E-state index contributed by atoms with van der Waals surface area (Å²) in [5.41, 5.74) is -1.16. The number of aromatic nitrogens is 2. The van der Waals surface area contributed by atoms with Crippen molar-refractivity contribution in [2.75, 3.05) is 6.61 Å². The Morgan fingerprint density at radius 2 is 2.10 bits per heavy atom. The third-order valence-corrected chi connectivity index (χ3v) is 2.59. The molecule has 0 fully saturated rings. The van der Waals surface area contributed by atoms with Crippen LogP contribution in [0, 0.1) is 5.82 Å². The molecule has 1 aromatic carbocycles. The summed E-state index contributed by atoms with van der Waals surface area (Å²) < 4.78 is 18.5. The minimum absolute atomic E-state index is 0.0962. The number of hydrogen-bond donors (Lipinski definition) is 2. The van der Waals surface area contributed by atoms with E-state index in [4.69, 9.17) is 4.74 Å². The van der Waals surface area contributed by atoms with Gasteiger partial charge in [0.05, 0.1) is 17.7 Å². The number of hydrogen-bond acceptors (Lipinski definition) is 4. The van der Waals surface area contributed by atoms with E-state index in [0.29, 0.717) is 0 Å². The first-order valence-electron chi connectivity index (χ1n) is 5.82. The highest BCUT2D eigenvalue weighted by atomic mass is 19.1. The molecular weight excluding hydrogens is 267 g/mol. The fourth-order valence-corrected chi connectivity index (χ4v) is 1.68. The Morgan fingerprint density at radius 3 is 2.70 bits per heavy atom. The van der Waals surface area contributed by atoms with Crippen LogP contribution in [0.1, 0.15) is 17.3 Å². The molecule has 0 aliphatic heterocycles. The maximum Gasteiger partial charge on any atom is 0.341 e. The van der Waals surface area contributed by atoms with Gasteiger partial charge in [-0.3, -0.25) is 9.78 Å². The van der Waals surface area contributed by atoms with Crippen LogP contribution in [0.3, 0.4) is 0 Å². The van der Waals surface area contributed by atoms with Crippen LogP contribution in [-0.4, -0.2) is 22.5 Å². The SMILES string of the molecule is CCOC(=O)c1ccc(-c2c[nH]c(=O)[nH]c2=O)cc1F. The Morgan fingerprint density at radius 1 is 1.35 bits per heavy atom. The van der Waals surface area contributed by atoms with Crippen molar-refractivity contribution in [2.45, 2.75) is 6.92 Å². The Labute approximate surface area is 112 Å². The number of aromatic amines is 2. The summed E-state index contributed by atoms with van der Waals surface area (Å²) in [6, 6.07) is 3.67. The van der Waals surface area contributed by atoms with Crippen LogP contribution in [0.5, 0.6) is 0 Å². The molecule has 104 valence electrons. The highest BCUT2D eigenvalue weighted by Gasteiger charge is 2.14. The number of benzene rings is 1. The summed E-state index contributed by atoms with van der Waals surface area (Å²) in [6.45, 7) is 1.75. The number of ether oxygens (including phenoxy) is 1. The summed E-state index contributed by atoms with van der Waals surface area (Å²) in [4.78, 5) is 38.3. The molecule has 7 heteroatoms. The molecule has 2 rings (SSSR count). The molecule has 1 aromatic heterocycles. The maximum absolute atomic E-state index is 13.8. The summed E-state index contributed by atoms with van der Waals surface area (Å²) in [5.74, 6) is -1.57. The Balaban J connectivity index is 2.46. The van der Waals surface area contributed by atoms with Crippen LogP contribution >= 0.6 is 0 Å². The highest BCUT2D eigenvalue weighted by Crippen LogP contribution is 2.18. The van der Waals surface area contributed by atoms with E-state index in [1.807, 2.05) is 4.98 Å². The van der Waals surface area contributed by atoms with E-state index >= 15 is 0 Å². The molecule has 6 nitrogen and oxygen atoms in total. The zero-order valence-corrected chi connectivity index (χ0v) is 10.5. The molecule has 2 aromatic rings. The minimum atomic E-state index is -0.799. The fraction of sp³-hybridized carbons (Fsp3) is 0.154. The molecule has 20 heavy (non-hydrogen) atoms. The van der Waals surface area contributed by atoms with Gasteiger partial charge in [0.25, 0.3) is 5.56 Å². The van der Waals surface area contributed by atoms with E-state index in [1.165, 1.54) is 18.3 Å². The van der Waals surface area contributed by atoms with Gasteiger partial charge in [-0.1, -0.05) is 6.07 Å². The van der Waals surface area contributed by atoms with Gasteiger partial charge >= 0.3 is 11.7 Å². The molecule has 0 saturated heterocycles. The van der Waals surface area contributed by atoms with Crippen LogP contribution in [0.2, 0.25) is 0 Å². The van der Waals surface area contributed by atoms with Gasteiger partial charge in [0.15, 0.2) is 0 Å². The van der Waals surface area contributed by atoms with E-state index in [1.54, 1.807) is 6.92 Å². The van der Waals surface area contributed by atoms with Crippen molar-refractivity contribution in [1.29, 1.82) is 0 Å². The molecular formula is C13H11FN2O4. The zero-order valence-electron chi connectivity index (χ0n) is 10.5. The Kier molecular flexibility index (Phi) is 3.79. The summed E-state index contributed by atoms with van der Waals surface area (Å²) in [7, 11) is 0. The smallest absolute Gasteiger partial charge is 0.341 e. The van der Waals surface area contributed by atoms with E-state index in [9.17, 15) is 18.8 Å². The van der Waals surface area contributed by atoms with E-state index < -0.39 is 23.0 Å². The summed E-state index contributed by atoms with van der Waals surface area (Å²) in [5, 5.41) is 0. The first kappa shape index (κ1) is 13.7. The van der Waals surface area contributed by atoms with Gasteiger partial charge in [-0.05, 0) is 24.6 Å². The quantitative estimate of drug-likeness (QED) is 0.821. The van der Waals surface area contributed by atoms with Crippen molar-refractivity contribution >= 4 is 5.97 Å². The lowest BCUT2D eigenvalue weighted by molar-refractivity contribution is 0.0521. The van der Waals surface area contributed by atoms with Crippen molar-refractivity contribution in [2.24, 2.45) is 0 Å². The standard InChI is InChI=1S/C13H11FN2O4/c1-2-20-12(18)8-4-3-7(5-10(8)14)9-6-15-13(19)16-11(9)17/h3-6H,2H2,1H3,(H2,15,16,17,19). The first-order valence-corrected chi connectivity index (χ1v) is 5.82. The second-order valence-electron chi connectivity index (χ2n) is 3.90. The van der Waals surface area contributed by atoms with Crippen LogP contribution in [0.25, 0.3) is 11.1 Å². The van der Waals surface area contributed by atoms with Crippen LogP contribution < -0.4 is 11.2 Å². The second kappa shape index (κ2) is 5.52. The molecule has 0 aliphatic carbocycles. The molecule has 0 amide bonds. The number of H-pyrrole nitrogens is 2. The molecule has 0 bridgehead atoms. The topological polar surface area (TPSA) is 92.0 Å². The first-order chi connectivity index (χ1) is 9.52. The molecule has 0 unspecified atom stereocenters. The summed E-state index contributed by atoms with van der Waals surface area (Å²) >= 11 is 0. The lowest BCUT2D eigenvalue weighted by atomic mass is 10.1. The van der Waals surface area contributed by atoms with E-state index in [-0.39, 0.29) is 23.3 Å². The molecule has 0 aliphatic rings. The van der Waals surface area contributed by atoms with Gasteiger partial charge < -0.3 is 9.72 Å². The second-order valence-corrected chi connectivity index (χ2v) is 3.90. The maximum atomic E-state index is 13.8. The monoisotopic (exact) mass is 278 g/mol. The molecule has 0 radical (unpaired) electrons. The third kappa shape index (κ3) is 2.66. The average molecular weight is 278 g/mol. The lowest BCUT2D eigenvalue weighted by Gasteiger charge is -2.05. The van der Waals surface area contributed by atoms with Gasteiger partial charge in [-0.15, -0.1) is 0 Å². The number of esters is 1. The number of nitrogens with one attached hydrogen (secondary N) is 2. The van der Waals surface area contributed by atoms with Gasteiger partial charge in [0, 0.05) is 6.20 Å². The van der Waals surface area contributed by atoms with Gasteiger partial charge in [-0.2, -0.15) is 0 Å². The Bertz CT molecular complexity index is 763. The van der Waals surface area contributed by atoms with Crippen molar-refractivity contribution in [1.82, 2.24) is 9.97 Å². The van der Waals surface area contributed by atoms with Crippen molar-refractivity contribution in [3.63, 3.8) is 0 Å². The molecule has 0 spiro atoms. The fourth-order valence-electron chi connectivity index (χ4n) is 1.68. The number of rotatable bonds is 3. The number of carbonyl (C=O) groups is 1. The van der Waals surface area contributed by atoms with Crippen molar-refractivity contribution < 1.29 is 13.9 Å². The van der Waals surface area contributed by atoms with Gasteiger partial charge in [0.1, 0.15) is 5.82 Å². The van der Waals surface area contributed by atoms with E-state index in [0.717, 1.165) is 6.07 Å². The van der Waals surface area contributed by atoms with Crippen LogP contribution in [0.4, 0.5) is 4.39 Å². The predicted molar refractivity (Wildman–Crippen MR) is 69.0 cm³/mol. The molecule has 0 saturated carbocycles. The molecule has 2 N–H and O–H groups in total. The lowest BCUT2D eigenvalue weighted by Crippen LogP contribution is -2.22. The molecule has 0 atom stereocenters. The average Bonchev–Trinajstić information content (AvgIpc) is 2.38. The number of carbonyl (C=O) groups excluding carboxylic acids is 1.